The Morgan fingerprint density at radius 3 is 2.82 bits per heavy atom. The van der Waals surface area contributed by atoms with Crippen molar-refractivity contribution in [2.24, 2.45) is 5.73 Å². The van der Waals surface area contributed by atoms with E-state index in [9.17, 15) is 4.79 Å². The summed E-state index contributed by atoms with van der Waals surface area (Å²) in [7, 11) is 0. The highest BCUT2D eigenvalue weighted by Crippen LogP contribution is 2.34. The first-order valence-electron chi connectivity index (χ1n) is 7.65. The van der Waals surface area contributed by atoms with Gasteiger partial charge < -0.3 is 15.2 Å². The van der Waals surface area contributed by atoms with Crippen molar-refractivity contribution < 1.29 is 9.32 Å². The molecule has 1 fully saturated rings. The number of carbonyl (C=O) groups is 1. The summed E-state index contributed by atoms with van der Waals surface area (Å²) in [6.45, 7) is 0.914. The van der Waals surface area contributed by atoms with E-state index in [1.54, 1.807) is 4.90 Å². The molecule has 22 heavy (non-hydrogen) atoms. The average Bonchev–Trinajstić information content (AvgIpc) is 3.22. The summed E-state index contributed by atoms with van der Waals surface area (Å²) >= 11 is 0. The maximum absolute atomic E-state index is 12.3. The number of nitrogens with zero attached hydrogens (tertiary/aromatic N) is 3. The minimum absolute atomic E-state index is 0.0127. The molecule has 4 rings (SSSR count). The summed E-state index contributed by atoms with van der Waals surface area (Å²) in [5.74, 6) is 1.04. The molecule has 1 amide bonds. The van der Waals surface area contributed by atoms with Crippen LogP contribution in [0.1, 0.15) is 53.3 Å². The summed E-state index contributed by atoms with van der Waals surface area (Å²) in [4.78, 5) is 18.5. The molecule has 0 unspecified atom stereocenters. The van der Waals surface area contributed by atoms with E-state index in [2.05, 4.69) is 10.1 Å². The fourth-order valence-corrected chi connectivity index (χ4v) is 3.36. The molecule has 0 radical (unpaired) electrons. The van der Waals surface area contributed by atoms with E-state index in [4.69, 9.17) is 10.3 Å². The maximum Gasteiger partial charge on any atom is 0.254 e. The second-order valence-corrected chi connectivity index (χ2v) is 6.19. The predicted octanol–water partition coefficient (Wildman–Crippen LogP) is 1.95. The van der Waals surface area contributed by atoms with Gasteiger partial charge in [-0.2, -0.15) is 4.98 Å². The molecule has 0 spiro atoms. The third-order valence-electron chi connectivity index (χ3n) is 4.63. The summed E-state index contributed by atoms with van der Waals surface area (Å²) in [6.07, 6.45) is 3.97. The average molecular weight is 298 g/mol. The molecule has 6 heteroatoms. The van der Waals surface area contributed by atoms with Gasteiger partial charge >= 0.3 is 0 Å². The van der Waals surface area contributed by atoms with Crippen molar-refractivity contribution in [3.63, 3.8) is 0 Å². The van der Waals surface area contributed by atoms with Crippen LogP contribution in [-0.2, 0) is 18.6 Å². The van der Waals surface area contributed by atoms with Gasteiger partial charge in [-0.05, 0) is 24.5 Å². The Kier molecular flexibility index (Phi) is 3.00. The van der Waals surface area contributed by atoms with Crippen LogP contribution in [0.5, 0.6) is 0 Å². The van der Waals surface area contributed by atoms with E-state index < -0.39 is 5.54 Å². The number of hydrogen-bond acceptors (Lipinski definition) is 5. The lowest BCUT2D eigenvalue weighted by Crippen LogP contribution is -2.34. The SMILES string of the molecule is NC1(c2noc(CN3Cc4ccccc4C3=O)n2)CCCC1. The summed E-state index contributed by atoms with van der Waals surface area (Å²) < 4.78 is 5.32. The van der Waals surface area contributed by atoms with Crippen LogP contribution in [0.4, 0.5) is 0 Å². The zero-order valence-electron chi connectivity index (χ0n) is 12.3. The Morgan fingerprint density at radius 2 is 2.05 bits per heavy atom. The van der Waals surface area contributed by atoms with Gasteiger partial charge in [-0.3, -0.25) is 4.79 Å². The molecule has 1 aliphatic carbocycles. The minimum Gasteiger partial charge on any atom is -0.337 e. The third-order valence-corrected chi connectivity index (χ3v) is 4.63. The maximum atomic E-state index is 12.3. The fraction of sp³-hybridized carbons (Fsp3) is 0.438. The van der Waals surface area contributed by atoms with E-state index in [1.165, 1.54) is 0 Å². The van der Waals surface area contributed by atoms with Crippen molar-refractivity contribution in [1.82, 2.24) is 15.0 Å². The number of amides is 1. The van der Waals surface area contributed by atoms with Gasteiger partial charge in [-0.15, -0.1) is 0 Å². The molecule has 1 aliphatic heterocycles. The van der Waals surface area contributed by atoms with Gasteiger partial charge in [-0.25, -0.2) is 0 Å². The molecule has 1 aromatic heterocycles. The Balaban J connectivity index is 1.51. The molecule has 6 nitrogen and oxygen atoms in total. The minimum atomic E-state index is -0.459. The van der Waals surface area contributed by atoms with Crippen molar-refractivity contribution >= 4 is 5.91 Å². The van der Waals surface area contributed by atoms with Crippen LogP contribution in [0.15, 0.2) is 28.8 Å². The first-order chi connectivity index (χ1) is 10.7. The molecule has 2 N–H and O–H groups in total. The number of fused-ring (bicyclic) bond motifs is 1. The van der Waals surface area contributed by atoms with Gasteiger partial charge in [0.05, 0.1) is 5.54 Å². The number of carbonyl (C=O) groups excluding carboxylic acids is 1. The van der Waals surface area contributed by atoms with Crippen LogP contribution in [0.25, 0.3) is 0 Å². The van der Waals surface area contributed by atoms with Gasteiger partial charge in [0.15, 0.2) is 5.82 Å². The molecular weight excluding hydrogens is 280 g/mol. The van der Waals surface area contributed by atoms with Crippen LogP contribution in [0.3, 0.4) is 0 Å². The molecular formula is C16H18N4O2. The van der Waals surface area contributed by atoms with Gasteiger partial charge in [0.2, 0.25) is 5.89 Å². The van der Waals surface area contributed by atoms with Crippen LogP contribution < -0.4 is 5.73 Å². The third kappa shape index (κ3) is 2.11. The van der Waals surface area contributed by atoms with Crippen molar-refractivity contribution in [1.29, 1.82) is 0 Å². The second-order valence-electron chi connectivity index (χ2n) is 6.19. The van der Waals surface area contributed by atoms with Crippen LogP contribution >= 0.6 is 0 Å². The number of benzene rings is 1. The summed E-state index contributed by atoms with van der Waals surface area (Å²) in [6, 6.07) is 7.65. The van der Waals surface area contributed by atoms with Crippen LogP contribution in [0.2, 0.25) is 0 Å². The summed E-state index contributed by atoms with van der Waals surface area (Å²) in [5.41, 5.74) is 7.67. The molecule has 2 heterocycles. The highest BCUT2D eigenvalue weighted by atomic mass is 16.5. The normalized spacial score (nSPS) is 19.7. The molecule has 0 bridgehead atoms. The highest BCUT2D eigenvalue weighted by Gasteiger charge is 2.36. The van der Waals surface area contributed by atoms with E-state index in [1.807, 2.05) is 24.3 Å². The highest BCUT2D eigenvalue weighted by molar-refractivity contribution is 5.98. The van der Waals surface area contributed by atoms with Crippen molar-refractivity contribution in [2.45, 2.75) is 44.3 Å². The Morgan fingerprint density at radius 1 is 1.27 bits per heavy atom. The van der Waals surface area contributed by atoms with Crippen LogP contribution in [-0.4, -0.2) is 20.9 Å². The quantitative estimate of drug-likeness (QED) is 0.936. The van der Waals surface area contributed by atoms with Gasteiger partial charge in [0, 0.05) is 12.1 Å². The lowest BCUT2D eigenvalue weighted by atomic mass is 9.99. The molecule has 2 aromatic rings. The second kappa shape index (κ2) is 4.91. The predicted molar refractivity (Wildman–Crippen MR) is 78.7 cm³/mol. The molecule has 2 aliphatic rings. The molecule has 114 valence electrons. The molecule has 0 atom stereocenters. The van der Waals surface area contributed by atoms with Crippen molar-refractivity contribution in [2.75, 3.05) is 0 Å². The number of aromatic nitrogens is 2. The smallest absolute Gasteiger partial charge is 0.254 e. The summed E-state index contributed by atoms with van der Waals surface area (Å²) in [5, 5.41) is 4.04. The zero-order chi connectivity index (χ0) is 15.2. The van der Waals surface area contributed by atoms with E-state index >= 15 is 0 Å². The first-order valence-corrected chi connectivity index (χ1v) is 7.65. The fourth-order valence-electron chi connectivity index (χ4n) is 3.36. The van der Waals surface area contributed by atoms with Gasteiger partial charge in [-0.1, -0.05) is 36.2 Å². The van der Waals surface area contributed by atoms with Crippen molar-refractivity contribution in [3.8, 4) is 0 Å². The topological polar surface area (TPSA) is 85.2 Å². The van der Waals surface area contributed by atoms with Crippen LogP contribution in [0, 0.1) is 0 Å². The van der Waals surface area contributed by atoms with Gasteiger partial charge in [0.1, 0.15) is 6.54 Å². The van der Waals surface area contributed by atoms with E-state index in [-0.39, 0.29) is 5.91 Å². The lowest BCUT2D eigenvalue weighted by molar-refractivity contribution is 0.0748. The number of hydrogen-bond donors (Lipinski definition) is 1. The zero-order valence-corrected chi connectivity index (χ0v) is 12.3. The standard InChI is InChI=1S/C16H18N4O2/c17-16(7-3-4-8-16)15-18-13(22-19-15)10-20-9-11-5-1-2-6-12(11)14(20)21/h1-2,5-6H,3-4,7-10,17H2. The molecule has 0 saturated heterocycles. The van der Waals surface area contributed by atoms with E-state index in [0.717, 1.165) is 36.8 Å². The Labute approximate surface area is 128 Å². The largest absolute Gasteiger partial charge is 0.337 e. The molecule has 1 saturated carbocycles. The number of rotatable bonds is 3. The van der Waals surface area contributed by atoms with E-state index in [0.29, 0.717) is 24.8 Å². The lowest BCUT2D eigenvalue weighted by Gasteiger charge is -2.17. The van der Waals surface area contributed by atoms with Gasteiger partial charge in [0.25, 0.3) is 5.91 Å². The molecule has 1 aromatic carbocycles. The monoisotopic (exact) mass is 298 g/mol. The number of nitrogens with two attached hydrogens (primary N) is 1. The first kappa shape index (κ1) is 13.5. The Hall–Kier alpha value is -2.21. The van der Waals surface area contributed by atoms with Crippen molar-refractivity contribution in [3.05, 3.63) is 47.1 Å². The Bertz CT molecular complexity index is 718.